The zero-order valence-corrected chi connectivity index (χ0v) is 16.4. The van der Waals surface area contributed by atoms with Crippen molar-refractivity contribution in [2.75, 3.05) is 26.0 Å². The molecule has 2 rings (SSSR count). The molecule has 0 saturated heterocycles. The van der Waals surface area contributed by atoms with Gasteiger partial charge in [-0.2, -0.15) is 4.99 Å². The van der Waals surface area contributed by atoms with Crippen LogP contribution < -0.4 is 11.1 Å². The number of anilines is 1. The molecule has 0 aliphatic heterocycles. The van der Waals surface area contributed by atoms with Crippen molar-refractivity contribution in [1.82, 2.24) is 4.90 Å². The number of amidine groups is 1. The van der Waals surface area contributed by atoms with Gasteiger partial charge in [-0.25, -0.2) is 0 Å². The number of nitrogens with two attached hydrogens (primary N) is 1. The molecular weight excluding hydrogens is 334 g/mol. The Morgan fingerprint density at radius 3 is 2.37 bits per heavy atom. The Morgan fingerprint density at radius 2 is 1.74 bits per heavy atom. The van der Waals surface area contributed by atoms with E-state index in [4.69, 9.17) is 5.73 Å². The van der Waals surface area contributed by atoms with Crippen LogP contribution in [0, 0.1) is 0 Å². The molecule has 0 fully saturated rings. The van der Waals surface area contributed by atoms with Crippen LogP contribution in [0.4, 0.5) is 5.69 Å². The summed E-state index contributed by atoms with van der Waals surface area (Å²) in [6.07, 6.45) is 5.66. The molecule has 2 aromatic rings. The maximum absolute atomic E-state index is 6.02. The lowest BCUT2D eigenvalue weighted by Gasteiger charge is -2.09. The number of nitrogens with zero attached hydrogens (tertiary/aromatic N) is 3. The van der Waals surface area contributed by atoms with Crippen molar-refractivity contribution >= 4 is 17.5 Å². The van der Waals surface area contributed by atoms with Crippen molar-refractivity contribution in [2.45, 2.75) is 19.8 Å². The quantitative estimate of drug-likeness (QED) is 0.582. The Morgan fingerprint density at radius 1 is 1.04 bits per heavy atom. The summed E-state index contributed by atoms with van der Waals surface area (Å²) in [6.45, 7) is 2.75. The minimum atomic E-state index is 0.266. The molecule has 27 heavy (non-hydrogen) atoms. The van der Waals surface area contributed by atoms with Crippen molar-refractivity contribution < 1.29 is 0 Å². The van der Waals surface area contributed by atoms with Crippen LogP contribution in [0.1, 0.15) is 18.1 Å². The first kappa shape index (κ1) is 20.2. The lowest BCUT2D eigenvalue weighted by molar-refractivity contribution is 0.564. The summed E-state index contributed by atoms with van der Waals surface area (Å²) in [4.78, 5) is 10.8. The van der Waals surface area contributed by atoms with Crippen LogP contribution in [0.3, 0.4) is 0 Å². The molecule has 0 unspecified atom stereocenters. The van der Waals surface area contributed by atoms with Gasteiger partial charge in [0.2, 0.25) is 5.96 Å². The predicted octanol–water partition coefficient (Wildman–Crippen LogP) is 3.69. The Labute approximate surface area is 162 Å². The normalized spacial score (nSPS) is 12.4. The van der Waals surface area contributed by atoms with Crippen LogP contribution in [-0.4, -0.2) is 37.3 Å². The van der Waals surface area contributed by atoms with E-state index in [0.717, 1.165) is 18.5 Å². The highest BCUT2D eigenvalue weighted by Crippen LogP contribution is 2.10. The largest absolute Gasteiger partial charge is 0.383 e. The van der Waals surface area contributed by atoms with E-state index in [2.05, 4.69) is 46.5 Å². The van der Waals surface area contributed by atoms with Gasteiger partial charge in [-0.15, -0.1) is 0 Å². The second-order valence-corrected chi connectivity index (χ2v) is 6.43. The molecule has 0 amide bonds. The number of guanidine groups is 1. The van der Waals surface area contributed by atoms with E-state index < -0.39 is 0 Å². The van der Waals surface area contributed by atoms with Gasteiger partial charge in [0.15, 0.2) is 0 Å². The molecule has 0 aliphatic rings. The second kappa shape index (κ2) is 10.8. The highest BCUT2D eigenvalue weighted by molar-refractivity contribution is 6.09. The van der Waals surface area contributed by atoms with Gasteiger partial charge in [-0.1, -0.05) is 49.4 Å². The molecule has 0 atom stereocenters. The van der Waals surface area contributed by atoms with Crippen molar-refractivity contribution in [3.63, 3.8) is 0 Å². The zero-order chi connectivity index (χ0) is 19.5. The summed E-state index contributed by atoms with van der Waals surface area (Å²) in [5, 5.41) is 3.30. The fraction of sp³-hybridized carbons (Fsp3) is 0.273. The van der Waals surface area contributed by atoms with Gasteiger partial charge < -0.3 is 16.0 Å². The maximum atomic E-state index is 6.02. The molecular formula is C22H29N5. The first-order valence-corrected chi connectivity index (χ1v) is 9.20. The Hall–Kier alpha value is -3.08. The van der Waals surface area contributed by atoms with Gasteiger partial charge in [0.25, 0.3) is 0 Å². The highest BCUT2D eigenvalue weighted by atomic mass is 15.1. The van der Waals surface area contributed by atoms with Gasteiger partial charge in [-0.05, 0) is 42.2 Å². The molecule has 0 bridgehead atoms. The van der Waals surface area contributed by atoms with Gasteiger partial charge in [0.1, 0.15) is 5.84 Å². The average molecular weight is 364 g/mol. The summed E-state index contributed by atoms with van der Waals surface area (Å²) in [5.74, 6) is 0.913. The summed E-state index contributed by atoms with van der Waals surface area (Å²) in [7, 11) is 3.92. The minimum absolute atomic E-state index is 0.266. The topological polar surface area (TPSA) is 66.0 Å². The summed E-state index contributed by atoms with van der Waals surface area (Å²) in [6, 6.07) is 18.5. The summed E-state index contributed by atoms with van der Waals surface area (Å²) >= 11 is 0. The predicted molar refractivity (Wildman–Crippen MR) is 116 cm³/mol. The first-order valence-electron chi connectivity index (χ1n) is 9.20. The van der Waals surface area contributed by atoms with Gasteiger partial charge in [-0.3, -0.25) is 4.99 Å². The molecule has 3 N–H and O–H groups in total. The molecule has 0 radical (unpaired) electrons. The van der Waals surface area contributed by atoms with Crippen LogP contribution in [0.2, 0.25) is 0 Å². The Bertz CT molecular complexity index is 774. The smallest absolute Gasteiger partial charge is 0.217 e. The van der Waals surface area contributed by atoms with Gasteiger partial charge in [0, 0.05) is 32.5 Å². The lowest BCUT2D eigenvalue weighted by atomic mass is 10.1. The number of rotatable bonds is 7. The first-order chi connectivity index (χ1) is 13.1. The van der Waals surface area contributed by atoms with Gasteiger partial charge >= 0.3 is 0 Å². The molecule has 0 aliphatic carbocycles. The third-order valence-electron chi connectivity index (χ3n) is 3.92. The van der Waals surface area contributed by atoms with E-state index in [9.17, 15) is 0 Å². The van der Waals surface area contributed by atoms with Crippen LogP contribution in [-0.2, 0) is 12.8 Å². The van der Waals surface area contributed by atoms with Crippen molar-refractivity contribution in [1.29, 1.82) is 0 Å². The van der Waals surface area contributed by atoms with Crippen molar-refractivity contribution in [3.05, 3.63) is 78.0 Å². The van der Waals surface area contributed by atoms with Crippen molar-refractivity contribution in [3.8, 4) is 0 Å². The maximum Gasteiger partial charge on any atom is 0.217 e. The van der Waals surface area contributed by atoms with Crippen LogP contribution >= 0.6 is 0 Å². The van der Waals surface area contributed by atoms with Gasteiger partial charge in [0.05, 0.1) is 0 Å². The number of benzene rings is 2. The average Bonchev–Trinajstić information content (AvgIpc) is 2.67. The third kappa shape index (κ3) is 7.77. The molecule has 5 nitrogen and oxygen atoms in total. The Kier molecular flexibility index (Phi) is 8.10. The molecule has 0 heterocycles. The standard InChI is InChI=1S/C22H29N5/c1-4-18-10-12-20(13-11-18)25-21(15-17-27(2)3)26-22(23)24-16-14-19-8-6-5-7-9-19/h5-13,15,17H,4,14,16H2,1-3H3,(H3,23,24,25,26)/b17-15+. The summed E-state index contributed by atoms with van der Waals surface area (Å²) < 4.78 is 0. The van der Waals surface area contributed by atoms with Crippen LogP contribution in [0.15, 0.2) is 76.9 Å². The zero-order valence-electron chi connectivity index (χ0n) is 16.4. The molecule has 0 aromatic heterocycles. The number of hydrogen-bond acceptors (Lipinski definition) is 2. The number of aliphatic imine (C=N–C) groups is 2. The van der Waals surface area contributed by atoms with E-state index in [0.29, 0.717) is 12.4 Å². The fourth-order valence-electron chi connectivity index (χ4n) is 2.40. The Balaban J connectivity index is 2.07. The minimum Gasteiger partial charge on any atom is -0.383 e. The van der Waals surface area contributed by atoms with E-state index in [-0.39, 0.29) is 5.96 Å². The molecule has 2 aromatic carbocycles. The van der Waals surface area contributed by atoms with Crippen molar-refractivity contribution in [2.24, 2.45) is 15.7 Å². The van der Waals surface area contributed by atoms with E-state index in [1.807, 2.05) is 61.6 Å². The van der Waals surface area contributed by atoms with Crippen LogP contribution in [0.25, 0.3) is 0 Å². The van der Waals surface area contributed by atoms with E-state index in [1.54, 1.807) is 0 Å². The SMILES string of the molecule is CCc1ccc(NC(/C=C/N(C)C)=N/C(N)=NCCc2ccccc2)cc1. The van der Waals surface area contributed by atoms with Crippen LogP contribution in [0.5, 0.6) is 0 Å². The number of hydrogen-bond donors (Lipinski definition) is 2. The highest BCUT2D eigenvalue weighted by Gasteiger charge is 2.00. The monoisotopic (exact) mass is 363 g/mol. The molecule has 0 saturated carbocycles. The second-order valence-electron chi connectivity index (χ2n) is 6.43. The molecule has 142 valence electrons. The fourth-order valence-corrected chi connectivity index (χ4v) is 2.40. The lowest BCUT2D eigenvalue weighted by Crippen LogP contribution is -2.18. The third-order valence-corrected chi connectivity index (χ3v) is 3.92. The molecule has 0 spiro atoms. The summed E-state index contributed by atoms with van der Waals surface area (Å²) in [5.41, 5.74) is 9.52. The number of nitrogens with one attached hydrogen (secondary N) is 1. The number of aryl methyl sites for hydroxylation is 1. The van der Waals surface area contributed by atoms with E-state index in [1.165, 1.54) is 11.1 Å². The van der Waals surface area contributed by atoms with E-state index >= 15 is 0 Å². The molecule has 5 heteroatoms.